The third-order valence-corrected chi connectivity index (χ3v) is 3.65. The molecular formula is C12H18N2OS. The average molecular weight is 238 g/mol. The van der Waals surface area contributed by atoms with Crippen LogP contribution in [0.1, 0.15) is 24.8 Å². The van der Waals surface area contributed by atoms with Crippen molar-refractivity contribution in [1.29, 1.82) is 0 Å². The highest BCUT2D eigenvalue weighted by molar-refractivity contribution is 7.07. The number of likely N-dealkylation sites (tertiary alicyclic amines) is 1. The number of carbonyl (C=O) groups excluding carboxylic acids is 1. The molecule has 3 nitrogen and oxygen atoms in total. The number of hydrogen-bond acceptors (Lipinski definition) is 2. The molecule has 1 aliphatic rings. The molecular weight excluding hydrogens is 220 g/mol. The first kappa shape index (κ1) is 11.5. The lowest BCUT2D eigenvalue weighted by molar-refractivity contribution is 0.186. The van der Waals surface area contributed by atoms with Gasteiger partial charge >= 0.3 is 6.03 Å². The van der Waals surface area contributed by atoms with Gasteiger partial charge in [-0.1, -0.05) is 0 Å². The number of piperidine rings is 1. The van der Waals surface area contributed by atoms with Crippen molar-refractivity contribution in [3.63, 3.8) is 0 Å². The molecule has 0 aliphatic carbocycles. The second kappa shape index (κ2) is 5.89. The summed E-state index contributed by atoms with van der Waals surface area (Å²) in [5.74, 6) is 0. The van der Waals surface area contributed by atoms with Gasteiger partial charge in [-0.15, -0.1) is 0 Å². The van der Waals surface area contributed by atoms with E-state index in [2.05, 4.69) is 22.1 Å². The number of hydrogen-bond donors (Lipinski definition) is 1. The molecule has 0 spiro atoms. The number of urea groups is 1. The van der Waals surface area contributed by atoms with E-state index >= 15 is 0 Å². The third-order valence-electron chi connectivity index (χ3n) is 2.91. The fourth-order valence-electron chi connectivity index (χ4n) is 1.96. The molecule has 16 heavy (non-hydrogen) atoms. The first-order valence-corrected chi connectivity index (χ1v) is 6.84. The zero-order valence-corrected chi connectivity index (χ0v) is 10.3. The van der Waals surface area contributed by atoms with E-state index in [1.807, 2.05) is 4.90 Å². The largest absolute Gasteiger partial charge is 0.338 e. The molecule has 1 saturated heterocycles. The van der Waals surface area contributed by atoms with E-state index in [0.717, 1.165) is 38.9 Å². The Bertz CT molecular complexity index is 318. The first-order chi connectivity index (χ1) is 7.86. The van der Waals surface area contributed by atoms with Gasteiger partial charge in [-0.05, 0) is 48.1 Å². The zero-order chi connectivity index (χ0) is 11.2. The lowest BCUT2D eigenvalue weighted by atomic mass is 10.1. The second-order valence-corrected chi connectivity index (χ2v) is 4.94. The SMILES string of the molecule is O=C(NCCc1ccsc1)N1CCCCC1. The van der Waals surface area contributed by atoms with Gasteiger partial charge < -0.3 is 10.2 Å². The van der Waals surface area contributed by atoms with Gasteiger partial charge in [0.05, 0.1) is 0 Å². The molecule has 1 aromatic rings. The number of thiophene rings is 1. The second-order valence-electron chi connectivity index (χ2n) is 4.16. The van der Waals surface area contributed by atoms with E-state index in [1.54, 1.807) is 11.3 Å². The van der Waals surface area contributed by atoms with Gasteiger partial charge in [-0.3, -0.25) is 0 Å². The molecule has 0 saturated carbocycles. The summed E-state index contributed by atoms with van der Waals surface area (Å²) in [5, 5.41) is 7.19. The standard InChI is InChI=1S/C12H18N2OS/c15-12(14-7-2-1-3-8-14)13-6-4-11-5-9-16-10-11/h5,9-10H,1-4,6-8H2,(H,13,15). The molecule has 1 N–H and O–H groups in total. The molecule has 0 aromatic carbocycles. The monoisotopic (exact) mass is 238 g/mol. The Balaban J connectivity index is 1.67. The zero-order valence-electron chi connectivity index (χ0n) is 9.45. The number of nitrogens with zero attached hydrogens (tertiary/aromatic N) is 1. The molecule has 0 atom stereocenters. The maximum absolute atomic E-state index is 11.7. The maximum atomic E-state index is 11.7. The summed E-state index contributed by atoms with van der Waals surface area (Å²) in [6.07, 6.45) is 4.50. The van der Waals surface area contributed by atoms with Crippen LogP contribution in [0.5, 0.6) is 0 Å². The number of amides is 2. The molecule has 2 rings (SSSR count). The van der Waals surface area contributed by atoms with Crippen molar-refractivity contribution in [3.8, 4) is 0 Å². The van der Waals surface area contributed by atoms with E-state index in [9.17, 15) is 4.79 Å². The Morgan fingerprint density at radius 3 is 2.88 bits per heavy atom. The molecule has 1 aromatic heterocycles. The quantitative estimate of drug-likeness (QED) is 0.862. The highest BCUT2D eigenvalue weighted by Gasteiger charge is 2.15. The minimum atomic E-state index is 0.106. The van der Waals surface area contributed by atoms with Crippen LogP contribution in [0.4, 0.5) is 4.79 Å². The van der Waals surface area contributed by atoms with Gasteiger partial charge in [0.25, 0.3) is 0 Å². The molecule has 2 heterocycles. The summed E-state index contributed by atoms with van der Waals surface area (Å²) in [5.41, 5.74) is 1.31. The first-order valence-electron chi connectivity index (χ1n) is 5.90. The van der Waals surface area contributed by atoms with Crippen LogP contribution in [0.15, 0.2) is 16.8 Å². The van der Waals surface area contributed by atoms with Gasteiger partial charge in [0, 0.05) is 19.6 Å². The van der Waals surface area contributed by atoms with Gasteiger partial charge in [0.15, 0.2) is 0 Å². The van der Waals surface area contributed by atoms with Crippen molar-refractivity contribution in [3.05, 3.63) is 22.4 Å². The smallest absolute Gasteiger partial charge is 0.317 e. The number of rotatable bonds is 3. The molecule has 88 valence electrons. The minimum absolute atomic E-state index is 0.106. The van der Waals surface area contributed by atoms with Crippen LogP contribution in [-0.2, 0) is 6.42 Å². The molecule has 4 heteroatoms. The van der Waals surface area contributed by atoms with Crippen LogP contribution >= 0.6 is 11.3 Å². The Hall–Kier alpha value is -1.03. The summed E-state index contributed by atoms with van der Waals surface area (Å²) in [7, 11) is 0. The molecule has 0 bridgehead atoms. The van der Waals surface area contributed by atoms with Crippen molar-refractivity contribution >= 4 is 17.4 Å². The summed E-state index contributed by atoms with van der Waals surface area (Å²) in [6.45, 7) is 2.58. The average Bonchev–Trinajstić information content (AvgIpc) is 2.83. The fourth-order valence-corrected chi connectivity index (χ4v) is 2.66. The van der Waals surface area contributed by atoms with Crippen molar-refractivity contribution < 1.29 is 4.79 Å². The fraction of sp³-hybridized carbons (Fsp3) is 0.583. The molecule has 2 amide bonds. The summed E-state index contributed by atoms with van der Waals surface area (Å²) >= 11 is 1.70. The Labute approximate surface area is 100 Å². The van der Waals surface area contributed by atoms with Crippen molar-refractivity contribution in [2.45, 2.75) is 25.7 Å². The third kappa shape index (κ3) is 3.23. The van der Waals surface area contributed by atoms with Crippen molar-refractivity contribution in [2.75, 3.05) is 19.6 Å². The van der Waals surface area contributed by atoms with Gasteiger partial charge in [-0.25, -0.2) is 4.79 Å². The van der Waals surface area contributed by atoms with Crippen LogP contribution in [0.3, 0.4) is 0 Å². The molecule has 1 fully saturated rings. The Morgan fingerprint density at radius 1 is 1.38 bits per heavy atom. The normalized spacial score (nSPS) is 16.1. The van der Waals surface area contributed by atoms with Gasteiger partial charge in [0.2, 0.25) is 0 Å². The van der Waals surface area contributed by atoms with Crippen molar-refractivity contribution in [2.24, 2.45) is 0 Å². The lowest BCUT2D eigenvalue weighted by Gasteiger charge is -2.26. The molecule has 0 radical (unpaired) electrons. The lowest BCUT2D eigenvalue weighted by Crippen LogP contribution is -2.43. The van der Waals surface area contributed by atoms with E-state index in [4.69, 9.17) is 0 Å². The van der Waals surface area contributed by atoms with Gasteiger partial charge in [0.1, 0.15) is 0 Å². The van der Waals surface area contributed by atoms with Gasteiger partial charge in [-0.2, -0.15) is 11.3 Å². The molecule has 0 unspecified atom stereocenters. The summed E-state index contributed by atoms with van der Waals surface area (Å²) in [6, 6.07) is 2.22. The summed E-state index contributed by atoms with van der Waals surface area (Å²) < 4.78 is 0. The van der Waals surface area contributed by atoms with E-state index in [1.165, 1.54) is 12.0 Å². The maximum Gasteiger partial charge on any atom is 0.317 e. The minimum Gasteiger partial charge on any atom is -0.338 e. The topological polar surface area (TPSA) is 32.3 Å². The Kier molecular flexibility index (Phi) is 4.22. The molecule has 1 aliphatic heterocycles. The van der Waals surface area contributed by atoms with Crippen molar-refractivity contribution in [1.82, 2.24) is 10.2 Å². The number of nitrogens with one attached hydrogen (secondary N) is 1. The highest BCUT2D eigenvalue weighted by atomic mass is 32.1. The number of carbonyl (C=O) groups is 1. The van der Waals surface area contributed by atoms with Crippen LogP contribution in [0.2, 0.25) is 0 Å². The van der Waals surface area contributed by atoms with E-state index in [-0.39, 0.29) is 6.03 Å². The van der Waals surface area contributed by atoms with E-state index in [0.29, 0.717) is 0 Å². The van der Waals surface area contributed by atoms with E-state index < -0.39 is 0 Å². The predicted octanol–water partition coefficient (Wildman–Crippen LogP) is 2.49. The Morgan fingerprint density at radius 2 is 2.19 bits per heavy atom. The summed E-state index contributed by atoms with van der Waals surface area (Å²) in [4.78, 5) is 13.7. The highest BCUT2D eigenvalue weighted by Crippen LogP contribution is 2.09. The van der Waals surface area contributed by atoms with Crippen LogP contribution in [-0.4, -0.2) is 30.6 Å². The van der Waals surface area contributed by atoms with Crippen LogP contribution in [0.25, 0.3) is 0 Å². The van der Waals surface area contributed by atoms with Crippen LogP contribution < -0.4 is 5.32 Å². The van der Waals surface area contributed by atoms with Crippen LogP contribution in [0, 0.1) is 0 Å². The predicted molar refractivity (Wildman–Crippen MR) is 66.8 cm³/mol.